The quantitative estimate of drug-likeness (QED) is 0.679. The molecule has 1 aromatic rings. The highest BCUT2D eigenvalue weighted by Gasteiger charge is 2.11. The molecule has 3 N–H and O–H groups in total. The number of hydrogen-bond acceptors (Lipinski definition) is 3. The summed E-state index contributed by atoms with van der Waals surface area (Å²) in [7, 11) is 0. The largest absolute Gasteiger partial charge is 0.394 e. The summed E-state index contributed by atoms with van der Waals surface area (Å²) in [6.07, 6.45) is 1.72. The van der Waals surface area contributed by atoms with E-state index in [9.17, 15) is 0 Å². The molecular formula is C8H15N3O. The van der Waals surface area contributed by atoms with Crippen molar-refractivity contribution < 1.29 is 5.11 Å². The van der Waals surface area contributed by atoms with Gasteiger partial charge in [0, 0.05) is 17.8 Å². The lowest BCUT2D eigenvalue weighted by molar-refractivity contribution is 0.267. The molecule has 4 nitrogen and oxygen atoms in total. The van der Waals surface area contributed by atoms with Gasteiger partial charge in [0.1, 0.15) is 0 Å². The van der Waals surface area contributed by atoms with Gasteiger partial charge in [-0.15, -0.1) is 0 Å². The van der Waals surface area contributed by atoms with E-state index in [1.54, 1.807) is 6.20 Å². The molecule has 0 aliphatic carbocycles. The van der Waals surface area contributed by atoms with Gasteiger partial charge >= 0.3 is 0 Å². The Bertz CT molecular complexity index is 257. The highest BCUT2D eigenvalue weighted by atomic mass is 16.3. The zero-order valence-corrected chi connectivity index (χ0v) is 7.49. The molecule has 12 heavy (non-hydrogen) atoms. The van der Waals surface area contributed by atoms with Crippen LogP contribution in [0.4, 0.5) is 0 Å². The number of aryl methyl sites for hydroxylation is 1. The summed E-state index contributed by atoms with van der Waals surface area (Å²) in [5.41, 5.74) is 7.63. The van der Waals surface area contributed by atoms with Crippen molar-refractivity contribution in [2.45, 2.75) is 26.4 Å². The van der Waals surface area contributed by atoms with Crippen LogP contribution >= 0.6 is 0 Å². The molecule has 1 aromatic heterocycles. The highest BCUT2D eigenvalue weighted by molar-refractivity contribution is 5.20. The maximum absolute atomic E-state index is 8.83. The third-order valence-electron chi connectivity index (χ3n) is 2.04. The normalized spacial score (nSPS) is 13.3. The third kappa shape index (κ3) is 1.49. The molecule has 1 rings (SSSR count). The number of rotatable bonds is 3. The molecule has 0 saturated carbocycles. The average Bonchev–Trinajstić information content (AvgIpc) is 2.45. The molecule has 0 aliphatic rings. The minimum absolute atomic E-state index is 0.0315. The molecule has 0 aromatic carbocycles. The fourth-order valence-corrected chi connectivity index (χ4v) is 1.24. The second kappa shape index (κ2) is 3.69. The van der Waals surface area contributed by atoms with Crippen LogP contribution in [0.1, 0.15) is 24.2 Å². The fraction of sp³-hybridized carbons (Fsp3) is 0.625. The van der Waals surface area contributed by atoms with Crippen molar-refractivity contribution in [2.75, 3.05) is 6.61 Å². The Hall–Kier alpha value is -0.870. The first-order chi connectivity index (χ1) is 5.70. The molecule has 1 heterocycles. The minimum atomic E-state index is -0.301. The van der Waals surface area contributed by atoms with Crippen LogP contribution in [0.15, 0.2) is 6.20 Å². The zero-order chi connectivity index (χ0) is 9.14. The average molecular weight is 169 g/mol. The first kappa shape index (κ1) is 9.22. The Morgan fingerprint density at radius 2 is 2.42 bits per heavy atom. The topological polar surface area (TPSA) is 64.1 Å². The van der Waals surface area contributed by atoms with E-state index >= 15 is 0 Å². The maximum atomic E-state index is 8.83. The second-order valence-electron chi connectivity index (χ2n) is 2.79. The molecule has 0 saturated heterocycles. The van der Waals surface area contributed by atoms with Crippen molar-refractivity contribution in [3.05, 3.63) is 17.5 Å². The lowest BCUT2D eigenvalue weighted by Gasteiger charge is -2.07. The van der Waals surface area contributed by atoms with Crippen LogP contribution in [0.2, 0.25) is 0 Å². The molecule has 0 radical (unpaired) electrons. The molecule has 0 aliphatic heterocycles. The molecule has 68 valence electrons. The molecule has 0 fully saturated rings. The highest BCUT2D eigenvalue weighted by Crippen LogP contribution is 2.13. The van der Waals surface area contributed by atoms with Crippen molar-refractivity contribution >= 4 is 0 Å². The predicted molar refractivity (Wildman–Crippen MR) is 46.7 cm³/mol. The summed E-state index contributed by atoms with van der Waals surface area (Å²) < 4.78 is 1.87. The Kier molecular flexibility index (Phi) is 2.83. The Balaban J connectivity index is 2.93. The number of nitrogens with zero attached hydrogens (tertiary/aromatic N) is 2. The van der Waals surface area contributed by atoms with Crippen molar-refractivity contribution in [3.8, 4) is 0 Å². The summed E-state index contributed by atoms with van der Waals surface area (Å²) in [5, 5.41) is 13.0. The van der Waals surface area contributed by atoms with Crippen LogP contribution in [0.3, 0.4) is 0 Å². The summed E-state index contributed by atoms with van der Waals surface area (Å²) in [6, 6.07) is -0.301. The van der Waals surface area contributed by atoms with Crippen LogP contribution in [0.25, 0.3) is 0 Å². The Labute approximate surface area is 72.0 Å². The van der Waals surface area contributed by atoms with Gasteiger partial charge in [0.15, 0.2) is 0 Å². The van der Waals surface area contributed by atoms with E-state index in [2.05, 4.69) is 5.10 Å². The van der Waals surface area contributed by atoms with Gasteiger partial charge in [0.05, 0.1) is 18.8 Å². The number of aliphatic hydroxyl groups is 1. The van der Waals surface area contributed by atoms with Gasteiger partial charge in [0.25, 0.3) is 0 Å². The summed E-state index contributed by atoms with van der Waals surface area (Å²) >= 11 is 0. The lowest BCUT2D eigenvalue weighted by Crippen LogP contribution is -2.15. The van der Waals surface area contributed by atoms with E-state index in [-0.39, 0.29) is 12.6 Å². The minimum Gasteiger partial charge on any atom is -0.394 e. The van der Waals surface area contributed by atoms with Gasteiger partial charge in [0.2, 0.25) is 0 Å². The van der Waals surface area contributed by atoms with Gasteiger partial charge in [-0.1, -0.05) is 0 Å². The van der Waals surface area contributed by atoms with Gasteiger partial charge in [-0.25, -0.2) is 0 Å². The Morgan fingerprint density at radius 3 is 2.83 bits per heavy atom. The number of nitrogens with two attached hydrogens (primary N) is 1. The van der Waals surface area contributed by atoms with Crippen molar-refractivity contribution in [2.24, 2.45) is 5.73 Å². The molecular weight excluding hydrogens is 154 g/mol. The van der Waals surface area contributed by atoms with Gasteiger partial charge in [-0.2, -0.15) is 5.10 Å². The molecule has 4 heteroatoms. The van der Waals surface area contributed by atoms with E-state index in [1.165, 1.54) is 0 Å². The third-order valence-corrected chi connectivity index (χ3v) is 2.04. The van der Waals surface area contributed by atoms with Gasteiger partial charge < -0.3 is 10.8 Å². The summed E-state index contributed by atoms with van der Waals surface area (Å²) in [4.78, 5) is 0. The fourth-order valence-electron chi connectivity index (χ4n) is 1.24. The zero-order valence-electron chi connectivity index (χ0n) is 7.49. The smallest absolute Gasteiger partial charge is 0.0625 e. The van der Waals surface area contributed by atoms with Gasteiger partial charge in [-0.05, 0) is 13.8 Å². The van der Waals surface area contributed by atoms with E-state index in [0.717, 1.165) is 17.8 Å². The monoisotopic (exact) mass is 169 g/mol. The van der Waals surface area contributed by atoms with Gasteiger partial charge in [-0.3, -0.25) is 4.68 Å². The lowest BCUT2D eigenvalue weighted by atomic mass is 10.1. The molecule has 0 amide bonds. The standard InChI is InChI=1S/C8H15N3O/c1-3-11-6(2)7(4-10-11)8(9)5-12/h4,8,12H,3,5,9H2,1-2H3. The Morgan fingerprint density at radius 1 is 1.75 bits per heavy atom. The van der Waals surface area contributed by atoms with Crippen LogP contribution in [-0.4, -0.2) is 21.5 Å². The molecule has 0 spiro atoms. The number of aliphatic hydroxyl groups excluding tert-OH is 1. The number of aromatic nitrogens is 2. The molecule has 1 unspecified atom stereocenters. The first-order valence-corrected chi connectivity index (χ1v) is 4.09. The first-order valence-electron chi connectivity index (χ1n) is 4.09. The van der Waals surface area contributed by atoms with E-state index < -0.39 is 0 Å². The van der Waals surface area contributed by atoms with Crippen molar-refractivity contribution in [1.29, 1.82) is 0 Å². The second-order valence-corrected chi connectivity index (χ2v) is 2.79. The molecule has 1 atom stereocenters. The van der Waals surface area contributed by atoms with E-state index in [1.807, 2.05) is 18.5 Å². The predicted octanol–water partition coefficient (Wildman–Crippen LogP) is 0.204. The number of hydrogen-bond donors (Lipinski definition) is 2. The van der Waals surface area contributed by atoms with Crippen molar-refractivity contribution in [1.82, 2.24) is 9.78 Å². The maximum Gasteiger partial charge on any atom is 0.0625 e. The summed E-state index contributed by atoms with van der Waals surface area (Å²) in [6.45, 7) is 4.79. The van der Waals surface area contributed by atoms with Crippen molar-refractivity contribution in [3.63, 3.8) is 0 Å². The summed E-state index contributed by atoms with van der Waals surface area (Å²) in [5.74, 6) is 0. The van der Waals surface area contributed by atoms with Crippen LogP contribution in [-0.2, 0) is 6.54 Å². The SMILES string of the molecule is CCn1ncc(C(N)CO)c1C. The van der Waals surface area contributed by atoms with E-state index in [4.69, 9.17) is 10.8 Å². The van der Waals surface area contributed by atoms with Crippen LogP contribution < -0.4 is 5.73 Å². The molecule has 0 bridgehead atoms. The van der Waals surface area contributed by atoms with Crippen LogP contribution in [0, 0.1) is 6.92 Å². The van der Waals surface area contributed by atoms with Crippen LogP contribution in [0.5, 0.6) is 0 Å². The van der Waals surface area contributed by atoms with E-state index in [0.29, 0.717) is 0 Å².